The lowest BCUT2D eigenvalue weighted by Gasteiger charge is -1.97. The normalized spacial score (nSPS) is 11.0. The maximum absolute atomic E-state index is 3.58. The molecule has 0 amide bonds. The Hall–Kier alpha value is 0.01000. The molecule has 0 nitrogen and oxygen atoms in total. The van der Waals surface area contributed by atoms with Gasteiger partial charge >= 0.3 is 0 Å². The quantitative estimate of drug-likeness (QED) is 0.679. The summed E-state index contributed by atoms with van der Waals surface area (Å²) in [6, 6.07) is 6.49. The SMILES string of the molecule is CSc1cccc2c(C)c(Br)sc12. The third kappa shape index (κ3) is 1.53. The number of rotatable bonds is 1. The Labute approximate surface area is 94.5 Å². The van der Waals surface area contributed by atoms with E-state index in [9.17, 15) is 0 Å². The minimum Gasteiger partial charge on any atom is -0.128 e. The number of thiophene rings is 1. The zero-order chi connectivity index (χ0) is 9.42. The molecule has 2 aromatic rings. The number of thioether (sulfide) groups is 1. The summed E-state index contributed by atoms with van der Waals surface area (Å²) in [4.78, 5) is 1.37. The fourth-order valence-electron chi connectivity index (χ4n) is 1.35. The molecule has 0 fully saturated rings. The molecule has 0 saturated carbocycles. The van der Waals surface area contributed by atoms with Crippen LogP contribution >= 0.6 is 39.0 Å². The Balaban J connectivity index is 2.84. The van der Waals surface area contributed by atoms with Gasteiger partial charge in [0.2, 0.25) is 0 Å². The van der Waals surface area contributed by atoms with E-state index in [1.807, 2.05) is 23.1 Å². The van der Waals surface area contributed by atoms with Gasteiger partial charge in [-0.2, -0.15) is 0 Å². The van der Waals surface area contributed by atoms with Gasteiger partial charge in [0, 0.05) is 9.60 Å². The second-order valence-corrected chi connectivity index (χ2v) is 6.02. The lowest BCUT2D eigenvalue weighted by atomic mass is 10.2. The second kappa shape index (κ2) is 3.64. The Morgan fingerprint density at radius 3 is 2.85 bits per heavy atom. The maximum atomic E-state index is 3.58. The van der Waals surface area contributed by atoms with Crippen LogP contribution in [-0.2, 0) is 0 Å². The third-order valence-electron chi connectivity index (χ3n) is 2.09. The van der Waals surface area contributed by atoms with E-state index in [0.29, 0.717) is 0 Å². The topological polar surface area (TPSA) is 0 Å². The number of hydrogen-bond acceptors (Lipinski definition) is 2. The average Bonchev–Trinajstić information content (AvgIpc) is 2.43. The molecule has 0 aliphatic rings. The smallest absolute Gasteiger partial charge is 0.0740 e. The van der Waals surface area contributed by atoms with E-state index >= 15 is 0 Å². The van der Waals surface area contributed by atoms with E-state index in [1.54, 1.807) is 0 Å². The van der Waals surface area contributed by atoms with Crippen LogP contribution in [0.1, 0.15) is 5.56 Å². The summed E-state index contributed by atoms with van der Waals surface area (Å²) in [6.07, 6.45) is 2.12. The first kappa shape index (κ1) is 9.56. The van der Waals surface area contributed by atoms with Crippen molar-refractivity contribution in [3.63, 3.8) is 0 Å². The predicted octanol–water partition coefficient (Wildman–Crippen LogP) is 4.69. The highest BCUT2D eigenvalue weighted by molar-refractivity contribution is 9.11. The molecular weight excluding hydrogens is 264 g/mol. The van der Waals surface area contributed by atoms with Gasteiger partial charge in [-0.05, 0) is 46.1 Å². The second-order valence-electron chi connectivity index (χ2n) is 2.84. The zero-order valence-electron chi connectivity index (χ0n) is 7.43. The molecule has 0 N–H and O–H groups in total. The van der Waals surface area contributed by atoms with E-state index in [0.717, 1.165) is 0 Å². The Morgan fingerprint density at radius 1 is 1.38 bits per heavy atom. The zero-order valence-corrected chi connectivity index (χ0v) is 10.6. The molecule has 0 atom stereocenters. The van der Waals surface area contributed by atoms with E-state index in [1.165, 1.54) is 24.3 Å². The first-order chi connectivity index (χ1) is 6.24. The van der Waals surface area contributed by atoms with Crippen molar-refractivity contribution in [1.29, 1.82) is 0 Å². The Morgan fingerprint density at radius 2 is 2.15 bits per heavy atom. The van der Waals surface area contributed by atoms with Gasteiger partial charge in [-0.1, -0.05) is 12.1 Å². The monoisotopic (exact) mass is 272 g/mol. The molecular formula is C10H9BrS2. The van der Waals surface area contributed by atoms with Gasteiger partial charge in [-0.15, -0.1) is 23.1 Å². The van der Waals surface area contributed by atoms with Crippen molar-refractivity contribution in [2.45, 2.75) is 11.8 Å². The van der Waals surface area contributed by atoms with E-state index < -0.39 is 0 Å². The summed E-state index contributed by atoms with van der Waals surface area (Å²) in [5.41, 5.74) is 1.36. The van der Waals surface area contributed by atoms with Crippen molar-refractivity contribution in [2.75, 3.05) is 6.26 Å². The fraction of sp³-hybridized carbons (Fsp3) is 0.200. The number of fused-ring (bicyclic) bond motifs is 1. The number of hydrogen-bond donors (Lipinski definition) is 0. The van der Waals surface area contributed by atoms with Crippen LogP contribution in [0.5, 0.6) is 0 Å². The van der Waals surface area contributed by atoms with Crippen LogP contribution < -0.4 is 0 Å². The summed E-state index contributed by atoms with van der Waals surface area (Å²) in [6.45, 7) is 2.16. The van der Waals surface area contributed by atoms with Crippen LogP contribution in [0.2, 0.25) is 0 Å². The van der Waals surface area contributed by atoms with Gasteiger partial charge in [0.1, 0.15) is 0 Å². The summed E-state index contributed by atoms with van der Waals surface area (Å²) in [5, 5.41) is 1.38. The predicted molar refractivity (Wildman–Crippen MR) is 66.0 cm³/mol. The molecule has 1 heterocycles. The molecule has 0 aliphatic carbocycles. The molecule has 0 spiro atoms. The minimum atomic E-state index is 1.25. The molecule has 2 rings (SSSR count). The molecule has 1 aromatic carbocycles. The molecule has 68 valence electrons. The van der Waals surface area contributed by atoms with Gasteiger partial charge in [-0.25, -0.2) is 0 Å². The highest BCUT2D eigenvalue weighted by atomic mass is 79.9. The van der Waals surface area contributed by atoms with Crippen LogP contribution in [0.4, 0.5) is 0 Å². The molecule has 0 unspecified atom stereocenters. The summed E-state index contributed by atoms with van der Waals surface area (Å²) in [7, 11) is 0. The standard InChI is InChI=1S/C10H9BrS2/c1-6-7-4-3-5-8(12-2)9(7)13-10(6)11/h3-5H,1-2H3. The van der Waals surface area contributed by atoms with E-state index in [4.69, 9.17) is 0 Å². The molecule has 0 radical (unpaired) electrons. The Kier molecular flexibility index (Phi) is 2.67. The van der Waals surface area contributed by atoms with Crippen molar-refractivity contribution in [1.82, 2.24) is 0 Å². The molecule has 13 heavy (non-hydrogen) atoms. The van der Waals surface area contributed by atoms with E-state index in [2.05, 4.69) is 47.3 Å². The molecule has 1 aromatic heterocycles. The molecule has 0 saturated heterocycles. The largest absolute Gasteiger partial charge is 0.128 e. The van der Waals surface area contributed by atoms with Crippen molar-refractivity contribution in [3.8, 4) is 0 Å². The number of benzene rings is 1. The van der Waals surface area contributed by atoms with Crippen molar-refractivity contribution in [2.24, 2.45) is 0 Å². The average molecular weight is 273 g/mol. The Bertz CT molecular complexity index is 445. The van der Waals surface area contributed by atoms with Crippen LogP contribution in [0.15, 0.2) is 26.9 Å². The van der Waals surface area contributed by atoms with Crippen LogP contribution in [-0.4, -0.2) is 6.26 Å². The van der Waals surface area contributed by atoms with Crippen LogP contribution in [0, 0.1) is 6.92 Å². The van der Waals surface area contributed by atoms with Crippen molar-refractivity contribution < 1.29 is 0 Å². The first-order valence-corrected chi connectivity index (χ1v) is 6.79. The number of halogens is 1. The maximum Gasteiger partial charge on any atom is 0.0740 e. The molecule has 0 bridgehead atoms. The lowest BCUT2D eigenvalue weighted by Crippen LogP contribution is -1.71. The van der Waals surface area contributed by atoms with Gasteiger partial charge in [0.05, 0.1) is 3.79 Å². The van der Waals surface area contributed by atoms with Gasteiger partial charge in [0.15, 0.2) is 0 Å². The highest BCUT2D eigenvalue weighted by Crippen LogP contribution is 2.39. The van der Waals surface area contributed by atoms with Gasteiger partial charge in [-0.3, -0.25) is 0 Å². The van der Waals surface area contributed by atoms with Crippen LogP contribution in [0.25, 0.3) is 10.1 Å². The third-order valence-corrected chi connectivity index (χ3v) is 5.21. The lowest BCUT2D eigenvalue weighted by molar-refractivity contribution is 1.54. The van der Waals surface area contributed by atoms with E-state index in [-0.39, 0.29) is 0 Å². The highest BCUT2D eigenvalue weighted by Gasteiger charge is 2.08. The minimum absolute atomic E-state index is 1.25. The summed E-state index contributed by atoms with van der Waals surface area (Å²) < 4.78 is 2.66. The van der Waals surface area contributed by atoms with Gasteiger partial charge < -0.3 is 0 Å². The molecule has 3 heteroatoms. The van der Waals surface area contributed by atoms with Crippen molar-refractivity contribution in [3.05, 3.63) is 27.5 Å². The van der Waals surface area contributed by atoms with Crippen molar-refractivity contribution >= 4 is 49.1 Å². The van der Waals surface area contributed by atoms with Gasteiger partial charge in [0.25, 0.3) is 0 Å². The summed E-state index contributed by atoms with van der Waals surface area (Å²) >= 11 is 7.22. The first-order valence-electron chi connectivity index (χ1n) is 3.95. The molecule has 0 aliphatic heterocycles. The fourth-order valence-corrected chi connectivity index (χ4v) is 3.88. The number of aryl methyl sites for hydroxylation is 1. The van der Waals surface area contributed by atoms with Crippen LogP contribution in [0.3, 0.4) is 0 Å². The summed E-state index contributed by atoms with van der Waals surface area (Å²) in [5.74, 6) is 0.